The van der Waals surface area contributed by atoms with E-state index in [1.807, 2.05) is 31.2 Å². The van der Waals surface area contributed by atoms with Crippen molar-refractivity contribution in [3.8, 4) is 0 Å². The predicted molar refractivity (Wildman–Crippen MR) is 74.7 cm³/mol. The number of rotatable bonds is 3. The molecule has 4 N–H and O–H groups in total. The van der Waals surface area contributed by atoms with Gasteiger partial charge in [-0.05, 0) is 37.3 Å². The van der Waals surface area contributed by atoms with Crippen LogP contribution in [-0.2, 0) is 0 Å². The van der Waals surface area contributed by atoms with Gasteiger partial charge in [-0.25, -0.2) is 0 Å². The van der Waals surface area contributed by atoms with Gasteiger partial charge in [-0.3, -0.25) is 4.79 Å². The highest BCUT2D eigenvalue weighted by Gasteiger charge is 2.06. The molecule has 0 saturated carbocycles. The zero-order valence-corrected chi connectivity index (χ0v) is 10.8. The van der Waals surface area contributed by atoms with E-state index in [1.54, 1.807) is 18.2 Å². The highest BCUT2D eigenvalue weighted by atomic mass is 32.2. The monoisotopic (exact) mass is 258 g/mol. The molecule has 2 rings (SSSR count). The number of benzene rings is 2. The summed E-state index contributed by atoms with van der Waals surface area (Å²) < 4.78 is 0. The fourth-order valence-corrected chi connectivity index (χ4v) is 2.41. The van der Waals surface area contributed by atoms with Crippen molar-refractivity contribution in [3.63, 3.8) is 0 Å². The number of anilines is 1. The number of carbonyl (C=O) groups excluding carboxylic acids is 1. The first kappa shape index (κ1) is 12.5. The largest absolute Gasteiger partial charge is 0.398 e. The summed E-state index contributed by atoms with van der Waals surface area (Å²) in [5.74, 6) is -0.444. The van der Waals surface area contributed by atoms with Crippen LogP contribution in [0, 0.1) is 6.92 Å². The summed E-state index contributed by atoms with van der Waals surface area (Å²) in [6.45, 7) is 2.04. The molecule has 0 spiro atoms. The fraction of sp³-hybridized carbons (Fsp3) is 0.0714. The molecular weight excluding hydrogens is 244 g/mol. The van der Waals surface area contributed by atoms with Crippen molar-refractivity contribution in [1.29, 1.82) is 0 Å². The van der Waals surface area contributed by atoms with Gasteiger partial charge in [0.15, 0.2) is 0 Å². The number of nitrogens with two attached hydrogens (primary N) is 2. The third kappa shape index (κ3) is 2.84. The Kier molecular flexibility index (Phi) is 3.58. The molecule has 2 aromatic carbocycles. The lowest BCUT2D eigenvalue weighted by molar-refractivity contribution is 0.1000. The van der Waals surface area contributed by atoms with Crippen molar-refractivity contribution < 1.29 is 4.79 Å². The van der Waals surface area contributed by atoms with E-state index in [9.17, 15) is 4.79 Å². The van der Waals surface area contributed by atoms with E-state index in [0.29, 0.717) is 11.3 Å². The molecular formula is C14H14N2OS. The molecule has 0 aromatic heterocycles. The van der Waals surface area contributed by atoms with E-state index in [4.69, 9.17) is 11.5 Å². The van der Waals surface area contributed by atoms with Crippen molar-refractivity contribution in [2.75, 3.05) is 5.73 Å². The molecule has 2 aromatic rings. The van der Waals surface area contributed by atoms with Crippen LogP contribution in [0.3, 0.4) is 0 Å². The van der Waals surface area contributed by atoms with E-state index in [1.165, 1.54) is 17.3 Å². The van der Waals surface area contributed by atoms with Crippen LogP contribution >= 0.6 is 11.8 Å². The molecule has 92 valence electrons. The molecule has 0 aliphatic heterocycles. The maximum Gasteiger partial charge on any atom is 0.248 e. The maximum absolute atomic E-state index is 11.1. The van der Waals surface area contributed by atoms with Gasteiger partial charge in [-0.15, -0.1) is 0 Å². The maximum atomic E-state index is 11.1. The van der Waals surface area contributed by atoms with Gasteiger partial charge < -0.3 is 11.5 Å². The fourth-order valence-electron chi connectivity index (χ4n) is 1.51. The Bertz CT molecular complexity index is 579. The zero-order chi connectivity index (χ0) is 13.1. The number of amides is 1. The summed E-state index contributed by atoms with van der Waals surface area (Å²) in [6.07, 6.45) is 0. The summed E-state index contributed by atoms with van der Waals surface area (Å²) >= 11 is 1.52. The Morgan fingerprint density at radius 3 is 2.39 bits per heavy atom. The van der Waals surface area contributed by atoms with Crippen molar-refractivity contribution >= 4 is 23.4 Å². The highest BCUT2D eigenvalue weighted by Crippen LogP contribution is 2.32. The third-order valence-corrected chi connectivity index (χ3v) is 3.63. The lowest BCUT2D eigenvalue weighted by atomic mass is 10.2. The summed E-state index contributed by atoms with van der Waals surface area (Å²) in [5, 5.41) is 0. The molecule has 3 nitrogen and oxygen atoms in total. The lowest BCUT2D eigenvalue weighted by Gasteiger charge is -2.07. The molecule has 0 aliphatic carbocycles. The van der Waals surface area contributed by atoms with E-state index in [0.717, 1.165) is 9.79 Å². The van der Waals surface area contributed by atoms with E-state index >= 15 is 0 Å². The second-order valence-corrected chi connectivity index (χ2v) is 5.15. The van der Waals surface area contributed by atoms with Crippen LogP contribution in [0.2, 0.25) is 0 Å². The molecule has 0 unspecified atom stereocenters. The number of hydrogen-bond acceptors (Lipinski definition) is 3. The van der Waals surface area contributed by atoms with Gasteiger partial charge in [0.25, 0.3) is 0 Å². The standard InChI is InChI=1S/C14H14N2OS/c1-9-2-5-11(6-3-9)18-13-8-10(14(16)17)4-7-12(13)15/h2-8H,15H2,1H3,(H2,16,17). The minimum atomic E-state index is -0.444. The Labute approximate surface area is 110 Å². The molecule has 1 amide bonds. The molecule has 0 fully saturated rings. The Balaban J connectivity index is 2.30. The molecule has 18 heavy (non-hydrogen) atoms. The van der Waals surface area contributed by atoms with Crippen LogP contribution in [0.25, 0.3) is 0 Å². The lowest BCUT2D eigenvalue weighted by Crippen LogP contribution is -2.11. The van der Waals surface area contributed by atoms with Crippen LogP contribution in [0.15, 0.2) is 52.3 Å². The van der Waals surface area contributed by atoms with E-state index in [-0.39, 0.29) is 0 Å². The molecule has 0 atom stereocenters. The molecule has 0 radical (unpaired) electrons. The normalized spacial score (nSPS) is 10.3. The molecule has 0 aliphatic rings. The minimum absolute atomic E-state index is 0.444. The summed E-state index contributed by atoms with van der Waals surface area (Å²) in [6, 6.07) is 13.2. The zero-order valence-electron chi connectivity index (χ0n) is 10.0. The summed E-state index contributed by atoms with van der Waals surface area (Å²) in [5.41, 5.74) is 13.5. The first-order chi connectivity index (χ1) is 8.56. The van der Waals surface area contributed by atoms with Gasteiger partial charge in [0.05, 0.1) is 0 Å². The average Bonchev–Trinajstić information content (AvgIpc) is 2.34. The van der Waals surface area contributed by atoms with Gasteiger partial charge >= 0.3 is 0 Å². The quantitative estimate of drug-likeness (QED) is 0.832. The summed E-state index contributed by atoms with van der Waals surface area (Å²) in [7, 11) is 0. The minimum Gasteiger partial charge on any atom is -0.398 e. The smallest absolute Gasteiger partial charge is 0.248 e. The van der Waals surface area contributed by atoms with Crippen LogP contribution < -0.4 is 11.5 Å². The average molecular weight is 258 g/mol. The van der Waals surface area contributed by atoms with Crippen LogP contribution in [0.4, 0.5) is 5.69 Å². The van der Waals surface area contributed by atoms with Gasteiger partial charge in [0.1, 0.15) is 0 Å². The Hall–Kier alpha value is -1.94. The first-order valence-electron chi connectivity index (χ1n) is 5.50. The third-order valence-electron chi connectivity index (χ3n) is 2.55. The Morgan fingerprint density at radius 1 is 1.11 bits per heavy atom. The number of primary amides is 1. The number of aryl methyl sites for hydroxylation is 1. The second-order valence-electron chi connectivity index (χ2n) is 4.03. The Morgan fingerprint density at radius 2 is 1.78 bits per heavy atom. The predicted octanol–water partition coefficient (Wildman–Crippen LogP) is 2.83. The second kappa shape index (κ2) is 5.14. The topological polar surface area (TPSA) is 69.1 Å². The van der Waals surface area contributed by atoms with Gasteiger partial charge in [-0.1, -0.05) is 29.5 Å². The highest BCUT2D eigenvalue weighted by molar-refractivity contribution is 7.99. The van der Waals surface area contributed by atoms with Crippen molar-refractivity contribution in [3.05, 3.63) is 53.6 Å². The van der Waals surface area contributed by atoms with Gasteiger partial charge in [0.2, 0.25) is 5.91 Å². The number of hydrogen-bond donors (Lipinski definition) is 2. The van der Waals surface area contributed by atoms with Crippen LogP contribution in [-0.4, -0.2) is 5.91 Å². The van der Waals surface area contributed by atoms with E-state index in [2.05, 4.69) is 0 Å². The SMILES string of the molecule is Cc1ccc(Sc2cc(C(N)=O)ccc2N)cc1. The van der Waals surface area contributed by atoms with Crippen LogP contribution in [0.5, 0.6) is 0 Å². The van der Waals surface area contributed by atoms with Crippen LogP contribution in [0.1, 0.15) is 15.9 Å². The number of carbonyl (C=O) groups is 1. The van der Waals surface area contributed by atoms with Crippen molar-refractivity contribution in [1.82, 2.24) is 0 Å². The van der Waals surface area contributed by atoms with Gasteiger partial charge in [-0.2, -0.15) is 0 Å². The molecule has 0 saturated heterocycles. The molecule has 0 bridgehead atoms. The van der Waals surface area contributed by atoms with Crippen molar-refractivity contribution in [2.45, 2.75) is 16.7 Å². The van der Waals surface area contributed by atoms with Gasteiger partial charge in [0, 0.05) is 21.0 Å². The molecule has 0 heterocycles. The summed E-state index contributed by atoms with van der Waals surface area (Å²) in [4.78, 5) is 13.1. The molecule has 4 heteroatoms. The first-order valence-corrected chi connectivity index (χ1v) is 6.32. The van der Waals surface area contributed by atoms with E-state index < -0.39 is 5.91 Å². The van der Waals surface area contributed by atoms with Crippen molar-refractivity contribution in [2.24, 2.45) is 5.73 Å². The number of nitrogen functional groups attached to an aromatic ring is 1.